The van der Waals surface area contributed by atoms with Gasteiger partial charge in [-0.2, -0.15) is 24.9 Å². The van der Waals surface area contributed by atoms with Crippen LogP contribution in [-0.4, -0.2) is 30.5 Å². The monoisotopic (exact) mass is 221 g/mol. The van der Waals surface area contributed by atoms with Crippen molar-refractivity contribution < 1.29 is 44.0 Å². The van der Waals surface area contributed by atoms with Crippen LogP contribution in [0.4, 0.5) is 0 Å². The van der Waals surface area contributed by atoms with Crippen LogP contribution in [-0.2, 0) is 10.3 Å². The molecule has 1 aliphatic rings. The van der Waals surface area contributed by atoms with Gasteiger partial charge in [0.25, 0.3) is 0 Å². The molecule has 1 saturated heterocycles. The number of thioether (sulfide) groups is 1. The Morgan fingerprint density at radius 3 is 2.67 bits per heavy atom. The van der Waals surface area contributed by atoms with Gasteiger partial charge in [-0.05, 0) is 18.6 Å². The van der Waals surface area contributed by atoms with Crippen molar-refractivity contribution in [1.82, 2.24) is 4.72 Å². The summed E-state index contributed by atoms with van der Waals surface area (Å²) < 4.78 is 31.3. The van der Waals surface area contributed by atoms with Gasteiger partial charge < -0.3 is 1.43 Å². The summed E-state index contributed by atoms with van der Waals surface area (Å²) in [6.07, 6.45) is 1.84. The molecule has 0 aromatic rings. The molecule has 12 heavy (non-hydrogen) atoms. The molecule has 0 bridgehead atoms. The maximum atomic E-state index is 10.3. The second-order valence-corrected chi connectivity index (χ2v) is 4.84. The summed E-state index contributed by atoms with van der Waals surface area (Å²) in [7, 11) is -3.99. The average molecular weight is 221 g/mol. The van der Waals surface area contributed by atoms with E-state index in [9.17, 15) is 8.42 Å². The van der Waals surface area contributed by atoms with E-state index < -0.39 is 10.3 Å². The van der Waals surface area contributed by atoms with E-state index >= 15 is 0 Å². The van der Waals surface area contributed by atoms with E-state index in [1.165, 1.54) is 0 Å². The molecule has 0 aromatic heterocycles. The van der Waals surface area contributed by atoms with E-state index in [2.05, 4.69) is 4.72 Å². The smallest absolute Gasteiger partial charge is 1.00 e. The van der Waals surface area contributed by atoms with Gasteiger partial charge in [0, 0.05) is 11.8 Å². The summed E-state index contributed by atoms with van der Waals surface area (Å²) in [5.41, 5.74) is 0. The molecule has 0 saturated carbocycles. The van der Waals surface area contributed by atoms with Gasteiger partial charge in [0.2, 0.25) is 0 Å². The zero-order chi connectivity index (χ0) is 8.32. The predicted octanol–water partition coefficient (Wildman–Crippen LogP) is -2.61. The van der Waals surface area contributed by atoms with Crippen LogP contribution in [0.15, 0.2) is 0 Å². The summed E-state index contributed by atoms with van der Waals surface area (Å²) in [4.78, 5) is 0. The standard InChI is InChI=1S/C5H11NO3S2.Na.H/c7-11(8,9)6-5-2-1-3-10-4-5;;/h5-6H,1-4H2,(H,7,8,9);;/q;+1;-1. The molecule has 1 aliphatic heterocycles. The Morgan fingerprint density at radius 1 is 1.58 bits per heavy atom. The third kappa shape index (κ3) is 5.80. The first-order valence-corrected chi connectivity index (χ1v) is 6.00. The van der Waals surface area contributed by atoms with Crippen molar-refractivity contribution in [2.45, 2.75) is 18.9 Å². The van der Waals surface area contributed by atoms with Gasteiger partial charge in [-0.3, -0.25) is 4.55 Å². The molecule has 0 spiro atoms. The molecule has 7 heteroatoms. The number of rotatable bonds is 2. The molecular weight excluding hydrogens is 209 g/mol. The second-order valence-electron chi connectivity index (χ2n) is 2.51. The predicted molar refractivity (Wildman–Crippen MR) is 46.1 cm³/mol. The fourth-order valence-corrected chi connectivity index (χ4v) is 2.84. The Morgan fingerprint density at radius 2 is 2.25 bits per heavy atom. The summed E-state index contributed by atoms with van der Waals surface area (Å²) in [5.74, 6) is 1.85. The zero-order valence-electron chi connectivity index (χ0n) is 7.99. The molecule has 1 rings (SSSR count). The molecule has 1 unspecified atom stereocenters. The third-order valence-corrected chi connectivity index (χ3v) is 3.32. The molecule has 1 fully saturated rings. The third-order valence-electron chi connectivity index (χ3n) is 1.48. The maximum Gasteiger partial charge on any atom is 1.00 e. The van der Waals surface area contributed by atoms with Crippen LogP contribution < -0.4 is 34.3 Å². The molecule has 2 N–H and O–H groups in total. The van der Waals surface area contributed by atoms with E-state index in [0.717, 1.165) is 24.3 Å². The van der Waals surface area contributed by atoms with Gasteiger partial charge in [-0.15, -0.1) is 0 Å². The first-order chi connectivity index (χ1) is 5.08. The van der Waals surface area contributed by atoms with Crippen LogP contribution >= 0.6 is 11.8 Å². The molecule has 4 nitrogen and oxygen atoms in total. The fraction of sp³-hybridized carbons (Fsp3) is 1.00. The van der Waals surface area contributed by atoms with E-state index in [4.69, 9.17) is 4.55 Å². The molecule has 0 aliphatic carbocycles. The largest absolute Gasteiger partial charge is 1.00 e. The molecular formula is C5H12NNaO3S2. The average Bonchev–Trinajstić information content (AvgIpc) is 1.85. The van der Waals surface area contributed by atoms with Crippen molar-refractivity contribution in [1.29, 1.82) is 0 Å². The number of hydrogen-bond donors (Lipinski definition) is 2. The maximum absolute atomic E-state index is 10.3. The molecule has 0 amide bonds. The van der Waals surface area contributed by atoms with Crippen LogP contribution in [0.1, 0.15) is 14.3 Å². The van der Waals surface area contributed by atoms with Crippen LogP contribution in [0, 0.1) is 0 Å². The normalized spacial score (nSPS) is 24.6. The van der Waals surface area contributed by atoms with Crippen molar-refractivity contribution in [3.05, 3.63) is 0 Å². The first-order valence-electron chi connectivity index (χ1n) is 3.40. The Bertz CT molecular complexity index is 218. The van der Waals surface area contributed by atoms with Crippen molar-refractivity contribution in [2.24, 2.45) is 0 Å². The van der Waals surface area contributed by atoms with E-state index in [1.807, 2.05) is 0 Å². The molecule has 1 atom stereocenters. The van der Waals surface area contributed by atoms with Gasteiger partial charge in [0.1, 0.15) is 0 Å². The summed E-state index contributed by atoms with van der Waals surface area (Å²) in [6.45, 7) is 0. The van der Waals surface area contributed by atoms with Crippen LogP contribution in [0.2, 0.25) is 0 Å². The van der Waals surface area contributed by atoms with E-state index in [-0.39, 0.29) is 37.0 Å². The number of hydrogen-bond acceptors (Lipinski definition) is 3. The summed E-state index contributed by atoms with van der Waals surface area (Å²) in [6, 6.07) is -0.0799. The fourth-order valence-electron chi connectivity index (χ4n) is 1.04. The van der Waals surface area contributed by atoms with Crippen LogP contribution in [0.5, 0.6) is 0 Å². The topological polar surface area (TPSA) is 66.4 Å². The Balaban J connectivity index is 0. The minimum atomic E-state index is -3.99. The Labute approximate surface area is 101 Å². The van der Waals surface area contributed by atoms with Gasteiger partial charge in [-0.1, -0.05) is 0 Å². The molecule has 0 radical (unpaired) electrons. The van der Waals surface area contributed by atoms with Gasteiger partial charge in [-0.25, -0.2) is 0 Å². The molecule has 68 valence electrons. The number of nitrogens with one attached hydrogen (secondary N) is 1. The van der Waals surface area contributed by atoms with E-state index in [0.29, 0.717) is 0 Å². The van der Waals surface area contributed by atoms with E-state index in [1.54, 1.807) is 11.8 Å². The minimum absolute atomic E-state index is 0. The first kappa shape index (κ1) is 13.2. The van der Waals surface area contributed by atoms with Crippen molar-refractivity contribution >= 4 is 22.1 Å². The van der Waals surface area contributed by atoms with Crippen LogP contribution in [0.3, 0.4) is 0 Å². The second kappa shape index (κ2) is 5.85. The summed E-state index contributed by atoms with van der Waals surface area (Å²) >= 11 is 1.71. The van der Waals surface area contributed by atoms with Crippen molar-refractivity contribution in [3.63, 3.8) is 0 Å². The molecule has 1 heterocycles. The van der Waals surface area contributed by atoms with Gasteiger partial charge >= 0.3 is 39.9 Å². The quantitative estimate of drug-likeness (QED) is 0.396. The van der Waals surface area contributed by atoms with Crippen molar-refractivity contribution in [3.8, 4) is 0 Å². The van der Waals surface area contributed by atoms with Crippen molar-refractivity contribution in [2.75, 3.05) is 11.5 Å². The van der Waals surface area contributed by atoms with Gasteiger partial charge in [0.15, 0.2) is 0 Å². The minimum Gasteiger partial charge on any atom is -1.00 e. The Kier molecular flexibility index (Phi) is 6.44. The van der Waals surface area contributed by atoms with Crippen LogP contribution in [0.25, 0.3) is 0 Å². The molecule has 0 aromatic carbocycles. The SMILES string of the molecule is O=S(=O)(O)NC1CCCSC1.[H-].[Na+]. The zero-order valence-corrected chi connectivity index (χ0v) is 10.6. The summed E-state index contributed by atoms with van der Waals surface area (Å²) in [5, 5.41) is 0. The Hall–Kier alpha value is 1.22. The van der Waals surface area contributed by atoms with Gasteiger partial charge in [0.05, 0.1) is 0 Å².